The minimum Gasteiger partial charge on any atom is -0.192 e. The topological polar surface area (TPSA) is 49.4 Å². The maximum Gasteiger partial charge on any atom is 0.0856 e. The van der Waals surface area contributed by atoms with Gasteiger partial charge in [0, 0.05) is 18.9 Å². The maximum absolute atomic E-state index is 4.42. The zero-order chi connectivity index (χ0) is 14.5. The van der Waals surface area contributed by atoms with Crippen LogP contribution in [0.3, 0.4) is 0 Å². The molecule has 0 radical (unpaired) electrons. The highest BCUT2D eigenvalue weighted by Crippen LogP contribution is 2.37. The lowest BCUT2D eigenvalue weighted by Gasteiger charge is -2.26. The number of rotatable bonds is 3. The SMILES string of the molecule is C/N=N/C1=CC=C(/N=N/c2ccccc2)C2C=CC=CC12. The number of azo groups is 2. The summed E-state index contributed by atoms with van der Waals surface area (Å²) in [5.41, 5.74) is 2.76. The Morgan fingerprint density at radius 1 is 0.762 bits per heavy atom. The van der Waals surface area contributed by atoms with Crippen LogP contribution in [0.4, 0.5) is 5.69 Å². The Morgan fingerprint density at radius 3 is 2.00 bits per heavy atom. The van der Waals surface area contributed by atoms with Gasteiger partial charge in [-0.2, -0.15) is 20.5 Å². The van der Waals surface area contributed by atoms with Gasteiger partial charge in [-0.05, 0) is 24.3 Å². The molecule has 1 aromatic rings. The highest BCUT2D eigenvalue weighted by atomic mass is 15.1. The minimum atomic E-state index is 0.174. The van der Waals surface area contributed by atoms with Crippen molar-refractivity contribution in [3.63, 3.8) is 0 Å². The van der Waals surface area contributed by atoms with Gasteiger partial charge in [-0.3, -0.25) is 0 Å². The first-order valence-corrected chi connectivity index (χ1v) is 6.92. The summed E-state index contributed by atoms with van der Waals surface area (Å²) in [5.74, 6) is 0.362. The molecule has 0 N–H and O–H groups in total. The van der Waals surface area contributed by atoms with Crippen LogP contribution in [0.25, 0.3) is 0 Å². The molecule has 0 aliphatic heterocycles. The lowest BCUT2D eigenvalue weighted by atomic mass is 9.81. The lowest BCUT2D eigenvalue weighted by molar-refractivity contribution is 0.569. The summed E-state index contributed by atoms with van der Waals surface area (Å²) in [6.07, 6.45) is 12.3. The molecule has 2 atom stereocenters. The van der Waals surface area contributed by atoms with E-state index in [9.17, 15) is 0 Å². The van der Waals surface area contributed by atoms with Gasteiger partial charge in [0.2, 0.25) is 0 Å². The molecule has 0 saturated carbocycles. The van der Waals surface area contributed by atoms with Crippen molar-refractivity contribution in [2.24, 2.45) is 32.3 Å². The standard InChI is InChI=1S/C17H16N4/c1-18-20-16-11-12-17(15-10-6-5-9-14(15)16)21-19-13-7-3-2-4-8-13/h2-12,14-15H,1H3/b20-18+,21-19+. The van der Waals surface area contributed by atoms with Crippen LogP contribution in [-0.2, 0) is 0 Å². The molecule has 4 heteroatoms. The number of allylic oxidation sites excluding steroid dienone is 6. The van der Waals surface area contributed by atoms with E-state index in [1.807, 2.05) is 54.6 Å². The van der Waals surface area contributed by atoms with Crippen LogP contribution in [0.1, 0.15) is 0 Å². The first kappa shape index (κ1) is 13.4. The summed E-state index contributed by atoms with van der Waals surface area (Å²) in [6, 6.07) is 9.75. The molecule has 0 amide bonds. The van der Waals surface area contributed by atoms with Gasteiger partial charge in [-0.1, -0.05) is 42.5 Å². The van der Waals surface area contributed by atoms with Gasteiger partial charge >= 0.3 is 0 Å². The minimum absolute atomic E-state index is 0.174. The van der Waals surface area contributed by atoms with Crippen molar-refractivity contribution in [2.75, 3.05) is 7.05 Å². The van der Waals surface area contributed by atoms with Crippen molar-refractivity contribution in [3.8, 4) is 0 Å². The molecular weight excluding hydrogens is 260 g/mol. The first-order valence-electron chi connectivity index (χ1n) is 6.92. The Balaban J connectivity index is 1.89. The summed E-state index contributed by atoms with van der Waals surface area (Å²) in [6.45, 7) is 0. The van der Waals surface area contributed by atoms with Crippen molar-refractivity contribution in [2.45, 2.75) is 0 Å². The van der Waals surface area contributed by atoms with Crippen molar-refractivity contribution in [1.82, 2.24) is 0 Å². The van der Waals surface area contributed by atoms with Crippen LogP contribution in [0.5, 0.6) is 0 Å². The fourth-order valence-corrected chi connectivity index (χ4v) is 2.49. The van der Waals surface area contributed by atoms with Gasteiger partial charge in [-0.25, -0.2) is 0 Å². The van der Waals surface area contributed by atoms with Crippen molar-refractivity contribution < 1.29 is 0 Å². The highest BCUT2D eigenvalue weighted by Gasteiger charge is 2.28. The second kappa shape index (κ2) is 6.22. The van der Waals surface area contributed by atoms with E-state index in [0.29, 0.717) is 0 Å². The Kier molecular flexibility index (Phi) is 3.96. The third-order valence-corrected chi connectivity index (χ3v) is 3.50. The van der Waals surface area contributed by atoms with Gasteiger partial charge in [0.05, 0.1) is 17.1 Å². The Labute approximate surface area is 124 Å². The molecule has 21 heavy (non-hydrogen) atoms. The summed E-state index contributed by atoms with van der Waals surface area (Å²) in [5, 5.41) is 16.8. The molecule has 2 aliphatic rings. The highest BCUT2D eigenvalue weighted by molar-refractivity contribution is 5.39. The number of fused-ring (bicyclic) bond motifs is 1. The quantitative estimate of drug-likeness (QED) is 0.698. The predicted octanol–water partition coefficient (Wildman–Crippen LogP) is 4.99. The zero-order valence-electron chi connectivity index (χ0n) is 11.8. The van der Waals surface area contributed by atoms with E-state index in [4.69, 9.17) is 0 Å². The van der Waals surface area contributed by atoms with Gasteiger partial charge in [0.15, 0.2) is 0 Å². The third kappa shape index (κ3) is 2.94. The van der Waals surface area contributed by atoms with E-state index < -0.39 is 0 Å². The molecule has 0 spiro atoms. The van der Waals surface area contributed by atoms with Crippen LogP contribution in [0.2, 0.25) is 0 Å². The molecule has 0 aromatic heterocycles. The number of nitrogens with zero attached hydrogens (tertiary/aromatic N) is 4. The molecule has 0 saturated heterocycles. The van der Waals surface area contributed by atoms with Crippen molar-refractivity contribution in [1.29, 1.82) is 0 Å². The van der Waals surface area contributed by atoms with E-state index in [-0.39, 0.29) is 11.8 Å². The average molecular weight is 276 g/mol. The second-order valence-electron chi connectivity index (χ2n) is 4.84. The smallest absolute Gasteiger partial charge is 0.0856 e. The monoisotopic (exact) mass is 276 g/mol. The molecule has 3 rings (SSSR count). The average Bonchev–Trinajstić information content (AvgIpc) is 2.55. The van der Waals surface area contributed by atoms with Crippen molar-refractivity contribution in [3.05, 3.63) is 78.2 Å². The Bertz CT molecular complexity index is 678. The maximum atomic E-state index is 4.42. The molecule has 104 valence electrons. The molecule has 4 nitrogen and oxygen atoms in total. The van der Waals surface area contributed by atoms with Crippen molar-refractivity contribution >= 4 is 5.69 Å². The number of hydrogen-bond donors (Lipinski definition) is 0. The first-order chi connectivity index (χ1) is 10.4. The Morgan fingerprint density at radius 2 is 1.38 bits per heavy atom. The molecule has 0 bridgehead atoms. The van der Waals surface area contributed by atoms with Crippen LogP contribution in [-0.4, -0.2) is 7.05 Å². The van der Waals surface area contributed by atoms with E-state index in [1.165, 1.54) is 0 Å². The second-order valence-corrected chi connectivity index (χ2v) is 4.84. The summed E-state index contributed by atoms with van der Waals surface area (Å²) < 4.78 is 0. The Hall–Kier alpha value is -2.62. The largest absolute Gasteiger partial charge is 0.192 e. The van der Waals surface area contributed by atoms with Crippen LogP contribution >= 0.6 is 0 Å². The van der Waals surface area contributed by atoms with Gasteiger partial charge < -0.3 is 0 Å². The van der Waals surface area contributed by atoms with Gasteiger partial charge in [0.25, 0.3) is 0 Å². The number of hydrogen-bond acceptors (Lipinski definition) is 4. The molecule has 0 fully saturated rings. The summed E-state index contributed by atoms with van der Waals surface area (Å²) >= 11 is 0. The van der Waals surface area contributed by atoms with E-state index in [0.717, 1.165) is 17.1 Å². The number of benzene rings is 1. The molecular formula is C17H16N4. The fraction of sp³-hybridized carbons (Fsp3) is 0.176. The zero-order valence-corrected chi connectivity index (χ0v) is 11.8. The molecule has 2 unspecified atom stereocenters. The third-order valence-electron chi connectivity index (χ3n) is 3.50. The van der Waals surface area contributed by atoms with Crippen LogP contribution < -0.4 is 0 Å². The summed E-state index contributed by atoms with van der Waals surface area (Å²) in [7, 11) is 1.69. The van der Waals surface area contributed by atoms with E-state index >= 15 is 0 Å². The van der Waals surface area contributed by atoms with Gasteiger partial charge in [0.1, 0.15) is 0 Å². The van der Waals surface area contributed by atoms with Gasteiger partial charge in [-0.15, -0.1) is 0 Å². The van der Waals surface area contributed by atoms with E-state index in [2.05, 4.69) is 32.6 Å². The molecule has 0 heterocycles. The fourth-order valence-electron chi connectivity index (χ4n) is 2.49. The lowest BCUT2D eigenvalue weighted by Crippen LogP contribution is -2.18. The summed E-state index contributed by atoms with van der Waals surface area (Å²) in [4.78, 5) is 0. The van der Waals surface area contributed by atoms with Crippen LogP contribution in [0, 0.1) is 11.8 Å². The molecule has 2 aliphatic carbocycles. The molecule has 1 aromatic carbocycles. The predicted molar refractivity (Wildman–Crippen MR) is 83.2 cm³/mol. The van der Waals surface area contributed by atoms with E-state index in [1.54, 1.807) is 7.05 Å². The normalized spacial score (nSPS) is 24.2. The van der Waals surface area contributed by atoms with Crippen LogP contribution in [0.15, 0.2) is 98.6 Å².